The zero-order valence-electron chi connectivity index (χ0n) is 14.0. The quantitative estimate of drug-likeness (QED) is 0.226. The molecule has 0 saturated heterocycles. The number of ether oxygens (including phenoxy) is 1. The van der Waals surface area contributed by atoms with Crippen molar-refractivity contribution < 1.29 is 9.66 Å². The molecule has 0 radical (unpaired) electrons. The van der Waals surface area contributed by atoms with Crippen LogP contribution in [0.1, 0.15) is 26.3 Å². The van der Waals surface area contributed by atoms with Crippen molar-refractivity contribution in [1.82, 2.24) is 10.6 Å². The van der Waals surface area contributed by atoms with E-state index in [9.17, 15) is 10.1 Å². The Hall–Kier alpha value is -1.42. The second-order valence-electron chi connectivity index (χ2n) is 5.44. The van der Waals surface area contributed by atoms with Gasteiger partial charge in [-0.05, 0) is 26.3 Å². The molecule has 0 aromatic heterocycles. The van der Waals surface area contributed by atoms with E-state index in [2.05, 4.69) is 15.6 Å². The second-order valence-corrected chi connectivity index (χ2v) is 5.44. The minimum Gasteiger partial charge on any atom is -0.377 e. The second kappa shape index (κ2) is 10.4. The zero-order chi connectivity index (χ0) is 16.6. The molecule has 7 nitrogen and oxygen atoms in total. The molecule has 0 fully saturated rings. The lowest BCUT2D eigenvalue weighted by molar-refractivity contribution is -0.384. The summed E-state index contributed by atoms with van der Waals surface area (Å²) in [5, 5.41) is 17.1. The number of nitro benzene ring substituents is 1. The van der Waals surface area contributed by atoms with Gasteiger partial charge in [-0.15, -0.1) is 24.0 Å². The highest BCUT2D eigenvalue weighted by Gasteiger charge is 2.16. The maximum absolute atomic E-state index is 10.8. The van der Waals surface area contributed by atoms with E-state index in [0.717, 1.165) is 12.1 Å². The Morgan fingerprint density at radius 3 is 2.65 bits per heavy atom. The SMILES string of the molecule is CCNC(=NCc1cccc([N+](=O)[O-])c1)NCC(C)(C)OC.I. The highest BCUT2D eigenvalue weighted by molar-refractivity contribution is 14.0. The lowest BCUT2D eigenvalue weighted by atomic mass is 10.1. The van der Waals surface area contributed by atoms with E-state index < -0.39 is 4.92 Å². The van der Waals surface area contributed by atoms with Crippen molar-refractivity contribution in [3.8, 4) is 0 Å². The minimum atomic E-state index is -0.405. The zero-order valence-corrected chi connectivity index (χ0v) is 16.3. The van der Waals surface area contributed by atoms with Gasteiger partial charge in [0.15, 0.2) is 5.96 Å². The van der Waals surface area contributed by atoms with Gasteiger partial charge in [0.1, 0.15) is 0 Å². The van der Waals surface area contributed by atoms with Crippen LogP contribution in [-0.2, 0) is 11.3 Å². The molecule has 0 aliphatic heterocycles. The topological polar surface area (TPSA) is 88.8 Å². The summed E-state index contributed by atoms with van der Waals surface area (Å²) in [6.45, 7) is 7.63. The number of nitro groups is 1. The number of hydrogen-bond donors (Lipinski definition) is 2. The van der Waals surface area contributed by atoms with E-state index in [1.165, 1.54) is 12.1 Å². The van der Waals surface area contributed by atoms with Crippen molar-refractivity contribution in [3.63, 3.8) is 0 Å². The molecule has 1 rings (SSSR count). The Morgan fingerprint density at radius 1 is 1.39 bits per heavy atom. The molecule has 8 heteroatoms. The molecule has 0 aliphatic carbocycles. The minimum absolute atomic E-state index is 0. The third-order valence-corrected chi connectivity index (χ3v) is 3.12. The molecule has 0 aliphatic rings. The Balaban J connectivity index is 0.00000484. The van der Waals surface area contributed by atoms with Crippen LogP contribution >= 0.6 is 24.0 Å². The monoisotopic (exact) mass is 436 g/mol. The summed E-state index contributed by atoms with van der Waals surface area (Å²) in [6, 6.07) is 6.49. The number of methoxy groups -OCH3 is 1. The van der Waals surface area contributed by atoms with Gasteiger partial charge in [0.05, 0.1) is 17.1 Å². The molecule has 23 heavy (non-hydrogen) atoms. The molecule has 0 saturated carbocycles. The van der Waals surface area contributed by atoms with Gasteiger partial charge in [-0.3, -0.25) is 10.1 Å². The van der Waals surface area contributed by atoms with Crippen LogP contribution in [-0.4, -0.2) is 36.7 Å². The highest BCUT2D eigenvalue weighted by Crippen LogP contribution is 2.13. The number of rotatable bonds is 7. The molecular formula is C15H25IN4O3. The largest absolute Gasteiger partial charge is 0.377 e. The number of aliphatic imine (C=N–C) groups is 1. The lowest BCUT2D eigenvalue weighted by Crippen LogP contribution is -2.45. The molecule has 1 aromatic carbocycles. The molecule has 1 aromatic rings. The smallest absolute Gasteiger partial charge is 0.269 e. The maximum Gasteiger partial charge on any atom is 0.269 e. The predicted molar refractivity (Wildman–Crippen MR) is 102 cm³/mol. The van der Waals surface area contributed by atoms with Crippen molar-refractivity contribution in [1.29, 1.82) is 0 Å². The van der Waals surface area contributed by atoms with Crippen molar-refractivity contribution in [2.75, 3.05) is 20.2 Å². The fourth-order valence-electron chi connectivity index (χ4n) is 1.65. The first-order valence-corrected chi connectivity index (χ1v) is 7.18. The Labute approximate surface area is 154 Å². The Bertz CT molecular complexity index is 535. The highest BCUT2D eigenvalue weighted by atomic mass is 127. The van der Waals surface area contributed by atoms with Crippen LogP contribution in [0.2, 0.25) is 0 Å². The van der Waals surface area contributed by atoms with E-state index in [1.807, 2.05) is 26.8 Å². The molecule has 130 valence electrons. The molecule has 0 atom stereocenters. The Morgan fingerprint density at radius 2 is 2.09 bits per heavy atom. The first kappa shape index (κ1) is 21.6. The molecule has 2 N–H and O–H groups in total. The van der Waals surface area contributed by atoms with Gasteiger partial charge in [0.2, 0.25) is 0 Å². The van der Waals surface area contributed by atoms with E-state index >= 15 is 0 Å². The van der Waals surface area contributed by atoms with Gasteiger partial charge in [0.25, 0.3) is 5.69 Å². The summed E-state index contributed by atoms with van der Waals surface area (Å²) >= 11 is 0. The summed E-state index contributed by atoms with van der Waals surface area (Å²) in [7, 11) is 1.66. The average molecular weight is 436 g/mol. The molecule has 0 amide bonds. The standard InChI is InChI=1S/C15H24N4O3.HI/c1-5-16-14(18-11-15(2,3)22-4)17-10-12-7-6-8-13(9-12)19(20)21;/h6-9H,5,10-11H2,1-4H3,(H2,16,17,18);1H. The van der Waals surface area contributed by atoms with Crippen molar-refractivity contribution in [2.24, 2.45) is 4.99 Å². The molecule has 0 spiro atoms. The number of nitrogens with one attached hydrogen (secondary N) is 2. The van der Waals surface area contributed by atoms with Gasteiger partial charge in [-0.1, -0.05) is 12.1 Å². The third-order valence-electron chi connectivity index (χ3n) is 3.12. The number of non-ortho nitro benzene ring substituents is 1. The first-order chi connectivity index (χ1) is 10.4. The summed E-state index contributed by atoms with van der Waals surface area (Å²) in [4.78, 5) is 14.8. The normalized spacial score (nSPS) is 11.6. The fourth-order valence-corrected chi connectivity index (χ4v) is 1.65. The van der Waals surface area contributed by atoms with E-state index in [0.29, 0.717) is 19.0 Å². The van der Waals surface area contributed by atoms with Gasteiger partial charge in [0, 0.05) is 32.3 Å². The lowest BCUT2D eigenvalue weighted by Gasteiger charge is -2.24. The number of guanidine groups is 1. The third kappa shape index (κ3) is 8.12. The van der Waals surface area contributed by atoms with Crippen LogP contribution in [0.4, 0.5) is 5.69 Å². The molecule has 0 unspecified atom stereocenters. The molecule has 0 bridgehead atoms. The van der Waals surface area contributed by atoms with E-state index in [-0.39, 0.29) is 35.3 Å². The van der Waals surface area contributed by atoms with Crippen LogP contribution in [0.15, 0.2) is 29.3 Å². The molecule has 0 heterocycles. The number of benzene rings is 1. The maximum atomic E-state index is 10.8. The van der Waals surface area contributed by atoms with Gasteiger partial charge in [-0.25, -0.2) is 4.99 Å². The Kier molecular flexibility index (Phi) is 9.73. The van der Waals surface area contributed by atoms with Gasteiger partial charge >= 0.3 is 0 Å². The number of nitrogens with zero attached hydrogens (tertiary/aromatic N) is 2. The predicted octanol–water partition coefficient (Wildman–Crippen LogP) is 2.69. The van der Waals surface area contributed by atoms with Crippen molar-refractivity contribution in [3.05, 3.63) is 39.9 Å². The van der Waals surface area contributed by atoms with Crippen LogP contribution in [0.3, 0.4) is 0 Å². The summed E-state index contributed by atoms with van der Waals surface area (Å²) in [6.07, 6.45) is 0. The van der Waals surface area contributed by atoms with Crippen LogP contribution in [0, 0.1) is 10.1 Å². The number of halogens is 1. The van der Waals surface area contributed by atoms with Crippen LogP contribution in [0.5, 0.6) is 0 Å². The fraction of sp³-hybridized carbons (Fsp3) is 0.533. The summed E-state index contributed by atoms with van der Waals surface area (Å²) in [5.74, 6) is 0.652. The first-order valence-electron chi connectivity index (χ1n) is 7.18. The van der Waals surface area contributed by atoms with Crippen molar-refractivity contribution >= 4 is 35.6 Å². The van der Waals surface area contributed by atoms with E-state index in [4.69, 9.17) is 4.74 Å². The van der Waals surface area contributed by atoms with Crippen LogP contribution in [0.25, 0.3) is 0 Å². The molecular weight excluding hydrogens is 411 g/mol. The van der Waals surface area contributed by atoms with Gasteiger partial charge in [-0.2, -0.15) is 0 Å². The van der Waals surface area contributed by atoms with E-state index in [1.54, 1.807) is 13.2 Å². The summed E-state index contributed by atoms with van der Waals surface area (Å²) < 4.78 is 5.35. The number of hydrogen-bond acceptors (Lipinski definition) is 4. The van der Waals surface area contributed by atoms with Crippen molar-refractivity contribution in [2.45, 2.75) is 32.9 Å². The average Bonchev–Trinajstić information content (AvgIpc) is 2.50. The summed E-state index contributed by atoms with van der Waals surface area (Å²) in [5.41, 5.74) is 0.561. The van der Waals surface area contributed by atoms with Crippen LogP contribution < -0.4 is 10.6 Å². The van der Waals surface area contributed by atoms with Gasteiger partial charge < -0.3 is 15.4 Å².